The summed E-state index contributed by atoms with van der Waals surface area (Å²) in [5, 5.41) is 0. The summed E-state index contributed by atoms with van der Waals surface area (Å²) in [5.41, 5.74) is 2.55. The first kappa shape index (κ1) is 23.1. The molecule has 1 aromatic carbocycles. The summed E-state index contributed by atoms with van der Waals surface area (Å²) in [4.78, 5) is 5.05. The first-order valence-corrected chi connectivity index (χ1v) is 10.2. The zero-order valence-corrected chi connectivity index (χ0v) is 18.5. The summed E-state index contributed by atoms with van der Waals surface area (Å²) in [6, 6.07) is 9.60. The summed E-state index contributed by atoms with van der Waals surface area (Å²) in [6.45, 7) is 8.48. The van der Waals surface area contributed by atoms with Crippen molar-refractivity contribution in [3.8, 4) is 0 Å². The van der Waals surface area contributed by atoms with Gasteiger partial charge in [-0.1, -0.05) is 31.5 Å². The molecule has 2 saturated heterocycles. The Labute approximate surface area is 189 Å². The second-order valence-electron chi connectivity index (χ2n) is 8.12. The van der Waals surface area contributed by atoms with Crippen molar-refractivity contribution in [2.24, 2.45) is 5.92 Å². The van der Waals surface area contributed by atoms with Gasteiger partial charge < -0.3 is 9.64 Å². The van der Waals surface area contributed by atoms with E-state index in [1.165, 1.54) is 17.2 Å². The van der Waals surface area contributed by atoms with Crippen LogP contribution in [0.2, 0.25) is 0 Å². The number of rotatable bonds is 3. The molecule has 0 spiro atoms. The molecule has 2 aliphatic carbocycles. The molecule has 1 aromatic rings. The molecule has 2 heterocycles. The van der Waals surface area contributed by atoms with Gasteiger partial charge >= 0.3 is 17.1 Å². The zero-order valence-electron chi connectivity index (χ0n) is 17.4. The number of fused-ring (bicyclic) bond motifs is 2. The fourth-order valence-corrected chi connectivity index (χ4v) is 4.27. The third-order valence-electron chi connectivity index (χ3n) is 5.83. The van der Waals surface area contributed by atoms with E-state index in [0.29, 0.717) is 18.0 Å². The summed E-state index contributed by atoms with van der Waals surface area (Å²) in [6.07, 6.45) is 18.8. The Bertz CT molecular complexity index is 602. The van der Waals surface area contributed by atoms with Crippen LogP contribution in [0.4, 0.5) is 5.69 Å². The topological polar surface area (TPSA) is 15.7 Å². The fraction of sp³-hybridized carbons (Fsp3) is 0.360. The maximum atomic E-state index is 6.36. The van der Waals surface area contributed by atoms with E-state index in [1.54, 1.807) is 0 Å². The van der Waals surface area contributed by atoms with Gasteiger partial charge in [-0.15, -0.1) is 0 Å². The predicted molar refractivity (Wildman–Crippen MR) is 114 cm³/mol. The zero-order chi connectivity index (χ0) is 19.5. The molecule has 0 N–H and O–H groups in total. The standard InChI is InChI=1S/C20H25N2O.C5H5.Fe/c1-14(2)18-12-23-20-19(16-6-4-5-7-16)22(18)13-21(20)17-10-8-15(3)9-11-17;1-2-4-5-3-1;/h4-11,14,18-20H,12-13H2,1-3H3;1-5H;/q;;+2/t18-,19-,20-;;/m1../s1. The van der Waals surface area contributed by atoms with Crippen molar-refractivity contribution in [1.82, 2.24) is 4.90 Å². The Hall–Kier alpha value is -0.541. The SMILES string of the molecule is Cc1ccc(N2CN3[C@@H](C(C)C)CO[C@@H]2[C@H]3[C]2[CH][CH][CH][CH]2)cc1.[CH]1[CH][CH][CH][CH]1.[Fe+2]. The van der Waals surface area contributed by atoms with Gasteiger partial charge in [0.05, 0.1) is 19.3 Å². The molecule has 2 aliphatic heterocycles. The number of morpholine rings is 1. The third-order valence-corrected chi connectivity index (χ3v) is 5.83. The van der Waals surface area contributed by atoms with Crippen LogP contribution in [0.25, 0.3) is 0 Å². The van der Waals surface area contributed by atoms with Crippen molar-refractivity contribution >= 4 is 5.69 Å². The molecular weight excluding hydrogens is 400 g/mol. The minimum Gasteiger partial charge on any atom is -0.355 e. The molecular formula is C25H30FeN2O+2. The minimum absolute atomic E-state index is 0. The Morgan fingerprint density at radius 3 is 2.03 bits per heavy atom. The van der Waals surface area contributed by atoms with Gasteiger partial charge in [0.2, 0.25) is 0 Å². The molecule has 4 heteroatoms. The molecule has 4 atom stereocenters. The molecule has 4 fully saturated rings. The van der Waals surface area contributed by atoms with Crippen LogP contribution >= 0.6 is 0 Å². The Morgan fingerprint density at radius 2 is 1.48 bits per heavy atom. The number of benzene rings is 1. The normalized spacial score (nSPS) is 31.5. The van der Waals surface area contributed by atoms with Crippen molar-refractivity contribution in [3.05, 3.63) is 93.5 Å². The van der Waals surface area contributed by atoms with E-state index in [4.69, 9.17) is 4.74 Å². The fourth-order valence-electron chi connectivity index (χ4n) is 4.27. The second kappa shape index (κ2) is 10.7. The summed E-state index contributed by atoms with van der Waals surface area (Å²) < 4.78 is 6.36. The predicted octanol–water partition coefficient (Wildman–Crippen LogP) is 4.25. The largest absolute Gasteiger partial charge is 2.00 e. The molecule has 10 radical (unpaired) electrons. The van der Waals surface area contributed by atoms with Crippen molar-refractivity contribution in [3.63, 3.8) is 0 Å². The monoisotopic (exact) mass is 430 g/mol. The maximum Gasteiger partial charge on any atom is 2.00 e. The first-order chi connectivity index (χ1) is 13.6. The molecule has 2 bridgehead atoms. The van der Waals surface area contributed by atoms with E-state index in [0.717, 1.165) is 13.3 Å². The van der Waals surface area contributed by atoms with Crippen molar-refractivity contribution in [2.45, 2.75) is 39.1 Å². The van der Waals surface area contributed by atoms with Crippen LogP contribution in [0.1, 0.15) is 19.4 Å². The van der Waals surface area contributed by atoms with Gasteiger partial charge in [0.15, 0.2) is 0 Å². The van der Waals surface area contributed by atoms with Crippen LogP contribution in [-0.2, 0) is 21.8 Å². The van der Waals surface area contributed by atoms with Gasteiger partial charge in [0.1, 0.15) is 6.23 Å². The van der Waals surface area contributed by atoms with Crippen molar-refractivity contribution in [1.29, 1.82) is 0 Å². The Kier molecular flexibility index (Phi) is 8.50. The number of anilines is 1. The van der Waals surface area contributed by atoms with Gasteiger partial charge in [0.25, 0.3) is 0 Å². The van der Waals surface area contributed by atoms with Crippen molar-refractivity contribution in [2.75, 3.05) is 18.2 Å². The molecule has 1 unspecified atom stereocenters. The third kappa shape index (κ3) is 5.21. The second-order valence-corrected chi connectivity index (χ2v) is 8.12. The van der Waals surface area contributed by atoms with Crippen LogP contribution in [0.15, 0.2) is 24.3 Å². The van der Waals surface area contributed by atoms with E-state index >= 15 is 0 Å². The molecule has 0 amide bonds. The van der Waals surface area contributed by atoms with Crippen LogP contribution in [0.5, 0.6) is 0 Å². The number of ether oxygens (including phenoxy) is 1. The number of hydrogen-bond donors (Lipinski definition) is 0. The summed E-state index contributed by atoms with van der Waals surface area (Å²) in [5.74, 6) is 1.96. The molecule has 152 valence electrons. The van der Waals surface area contributed by atoms with Crippen LogP contribution in [-0.4, -0.2) is 36.5 Å². The smallest absolute Gasteiger partial charge is 0.355 e. The van der Waals surface area contributed by atoms with Crippen LogP contribution in [0, 0.1) is 76.5 Å². The summed E-state index contributed by atoms with van der Waals surface area (Å²) in [7, 11) is 0. The van der Waals surface area contributed by atoms with E-state index in [2.05, 4.69) is 80.5 Å². The number of hydrogen-bond acceptors (Lipinski definition) is 3. The molecule has 5 rings (SSSR count). The van der Waals surface area contributed by atoms with E-state index in [-0.39, 0.29) is 23.3 Å². The van der Waals surface area contributed by atoms with Gasteiger partial charge in [-0.2, -0.15) is 0 Å². The van der Waals surface area contributed by atoms with Gasteiger partial charge in [-0.05, 0) is 82.8 Å². The van der Waals surface area contributed by atoms with Crippen LogP contribution in [0.3, 0.4) is 0 Å². The first-order valence-electron chi connectivity index (χ1n) is 10.2. The quantitative estimate of drug-likeness (QED) is 0.667. The van der Waals surface area contributed by atoms with Crippen LogP contribution < -0.4 is 4.90 Å². The van der Waals surface area contributed by atoms with Gasteiger partial charge in [-0.25, -0.2) is 0 Å². The Morgan fingerprint density at radius 1 is 0.897 bits per heavy atom. The molecule has 2 saturated carbocycles. The average Bonchev–Trinajstić information content (AvgIpc) is 3.45. The van der Waals surface area contributed by atoms with E-state index < -0.39 is 0 Å². The van der Waals surface area contributed by atoms with Gasteiger partial charge in [0, 0.05) is 17.6 Å². The molecule has 4 aliphatic rings. The molecule has 29 heavy (non-hydrogen) atoms. The maximum absolute atomic E-state index is 6.36. The molecule has 3 nitrogen and oxygen atoms in total. The summed E-state index contributed by atoms with van der Waals surface area (Å²) >= 11 is 0. The average molecular weight is 430 g/mol. The number of nitrogens with zero attached hydrogens (tertiary/aromatic N) is 2. The minimum atomic E-state index is 0. The Balaban J connectivity index is 0.000000352. The molecule has 0 aromatic heterocycles. The van der Waals surface area contributed by atoms with E-state index in [9.17, 15) is 0 Å². The van der Waals surface area contributed by atoms with Crippen molar-refractivity contribution < 1.29 is 21.8 Å². The van der Waals surface area contributed by atoms with Gasteiger partial charge in [-0.3, -0.25) is 4.90 Å². The van der Waals surface area contributed by atoms with E-state index in [1.807, 2.05) is 32.1 Å². The number of aryl methyl sites for hydroxylation is 1.